The van der Waals surface area contributed by atoms with Gasteiger partial charge in [0.05, 0.1) is 17.2 Å². The van der Waals surface area contributed by atoms with Crippen molar-refractivity contribution in [2.75, 3.05) is 11.1 Å². The molecular weight excluding hydrogens is 450 g/mol. The van der Waals surface area contributed by atoms with Crippen molar-refractivity contribution in [3.05, 3.63) is 59.2 Å². The summed E-state index contributed by atoms with van der Waals surface area (Å²) in [7, 11) is -3.78. The quantitative estimate of drug-likeness (QED) is 0.661. The summed E-state index contributed by atoms with van der Waals surface area (Å²) in [5.74, 6) is -0.500. The number of rotatable bonds is 6. The molecule has 0 unspecified atom stereocenters. The standard InChI is InChI=1S/C22H25N3O5S2/c1-14-5-10-17(32(29,30)24-22(2,3)4)11-18(14)20(27)23-16-8-6-15(7-9-16)12-25-19(26)13-31-21(25)28/h5-11,24H,12-13H2,1-4H3,(H,23,27). The maximum Gasteiger partial charge on any atom is 0.289 e. The molecule has 170 valence electrons. The van der Waals surface area contributed by atoms with Gasteiger partial charge in [-0.15, -0.1) is 0 Å². The van der Waals surface area contributed by atoms with E-state index < -0.39 is 21.5 Å². The van der Waals surface area contributed by atoms with Crippen molar-refractivity contribution >= 4 is 44.5 Å². The molecule has 32 heavy (non-hydrogen) atoms. The van der Waals surface area contributed by atoms with Gasteiger partial charge >= 0.3 is 0 Å². The van der Waals surface area contributed by atoms with Crippen LogP contribution >= 0.6 is 11.8 Å². The van der Waals surface area contributed by atoms with Crippen molar-refractivity contribution in [1.82, 2.24) is 9.62 Å². The maximum atomic E-state index is 12.8. The van der Waals surface area contributed by atoms with E-state index in [1.165, 1.54) is 17.0 Å². The molecule has 10 heteroatoms. The number of benzene rings is 2. The van der Waals surface area contributed by atoms with Crippen LogP contribution in [0.2, 0.25) is 0 Å². The summed E-state index contributed by atoms with van der Waals surface area (Å²) in [6, 6.07) is 11.2. The Morgan fingerprint density at radius 1 is 1.09 bits per heavy atom. The second-order valence-electron chi connectivity index (χ2n) is 8.52. The highest BCUT2D eigenvalue weighted by Crippen LogP contribution is 2.23. The lowest BCUT2D eigenvalue weighted by Gasteiger charge is -2.20. The van der Waals surface area contributed by atoms with E-state index in [0.717, 1.165) is 17.3 Å². The minimum absolute atomic E-state index is 0.0105. The predicted octanol–water partition coefficient (Wildman–Crippen LogP) is 3.52. The number of nitrogens with zero attached hydrogens (tertiary/aromatic N) is 1. The molecule has 1 saturated heterocycles. The molecule has 8 nitrogen and oxygen atoms in total. The Balaban J connectivity index is 1.74. The van der Waals surface area contributed by atoms with Crippen LogP contribution in [-0.4, -0.2) is 41.7 Å². The molecular formula is C22H25N3O5S2. The van der Waals surface area contributed by atoms with Gasteiger partial charge in [0.25, 0.3) is 11.1 Å². The number of hydrogen-bond donors (Lipinski definition) is 2. The summed E-state index contributed by atoms with van der Waals surface area (Å²) in [6.45, 7) is 7.13. The van der Waals surface area contributed by atoms with Crippen LogP contribution in [0.3, 0.4) is 0 Å². The number of sulfonamides is 1. The second-order valence-corrected chi connectivity index (χ2v) is 11.1. The molecule has 2 aromatic carbocycles. The topological polar surface area (TPSA) is 113 Å². The molecule has 3 rings (SSSR count). The van der Waals surface area contributed by atoms with Gasteiger partial charge in [-0.1, -0.05) is 30.0 Å². The van der Waals surface area contributed by atoms with Gasteiger partial charge in [-0.05, 0) is 63.1 Å². The first-order valence-electron chi connectivity index (χ1n) is 9.88. The molecule has 0 atom stereocenters. The third kappa shape index (κ3) is 5.76. The Bertz CT molecular complexity index is 1150. The van der Waals surface area contributed by atoms with Crippen molar-refractivity contribution in [2.24, 2.45) is 0 Å². The van der Waals surface area contributed by atoms with Crippen LogP contribution in [-0.2, 0) is 21.4 Å². The smallest absolute Gasteiger partial charge is 0.289 e. The van der Waals surface area contributed by atoms with Gasteiger partial charge in [0.1, 0.15) is 0 Å². The number of anilines is 1. The molecule has 0 aromatic heterocycles. The van der Waals surface area contributed by atoms with E-state index in [1.807, 2.05) is 0 Å². The maximum absolute atomic E-state index is 12.8. The molecule has 2 aromatic rings. The fourth-order valence-corrected chi connectivity index (χ4v) is 5.25. The first-order valence-corrected chi connectivity index (χ1v) is 12.3. The number of aryl methyl sites for hydroxylation is 1. The number of thioether (sulfide) groups is 1. The number of hydrogen-bond acceptors (Lipinski definition) is 6. The predicted molar refractivity (Wildman–Crippen MR) is 124 cm³/mol. The van der Waals surface area contributed by atoms with Gasteiger partial charge in [-0.25, -0.2) is 13.1 Å². The summed E-state index contributed by atoms with van der Waals surface area (Å²) in [6.07, 6.45) is 0. The molecule has 0 aliphatic carbocycles. The normalized spacial score (nSPS) is 14.7. The molecule has 0 radical (unpaired) electrons. The van der Waals surface area contributed by atoms with E-state index in [-0.39, 0.29) is 33.9 Å². The molecule has 1 fully saturated rings. The highest BCUT2D eigenvalue weighted by molar-refractivity contribution is 8.14. The highest BCUT2D eigenvalue weighted by atomic mass is 32.2. The van der Waals surface area contributed by atoms with E-state index in [2.05, 4.69) is 10.0 Å². The molecule has 3 amide bonds. The van der Waals surface area contributed by atoms with Crippen molar-refractivity contribution in [3.63, 3.8) is 0 Å². The Kier molecular flexibility index (Phi) is 6.77. The lowest BCUT2D eigenvalue weighted by molar-refractivity contribution is -0.125. The van der Waals surface area contributed by atoms with Crippen LogP contribution in [0.1, 0.15) is 42.3 Å². The first-order chi connectivity index (χ1) is 14.9. The Hall–Kier alpha value is -2.69. The number of carbonyl (C=O) groups is 3. The van der Waals surface area contributed by atoms with Crippen molar-refractivity contribution in [3.8, 4) is 0 Å². The van der Waals surface area contributed by atoms with E-state index in [4.69, 9.17) is 0 Å². The molecule has 2 N–H and O–H groups in total. The van der Waals surface area contributed by atoms with Crippen LogP contribution < -0.4 is 10.0 Å². The molecule has 1 aliphatic rings. The molecule has 1 aliphatic heterocycles. The molecule has 0 bridgehead atoms. The Labute approximate surface area is 191 Å². The van der Waals surface area contributed by atoms with Crippen LogP contribution in [0, 0.1) is 6.92 Å². The van der Waals surface area contributed by atoms with Crippen LogP contribution in [0.15, 0.2) is 47.4 Å². The van der Waals surface area contributed by atoms with Gasteiger partial charge in [-0.2, -0.15) is 0 Å². The third-order valence-corrected chi connectivity index (χ3v) is 7.21. The van der Waals surface area contributed by atoms with E-state index in [9.17, 15) is 22.8 Å². The summed E-state index contributed by atoms with van der Waals surface area (Å²) in [4.78, 5) is 37.5. The molecule has 0 spiro atoms. The van der Waals surface area contributed by atoms with Crippen LogP contribution in [0.5, 0.6) is 0 Å². The van der Waals surface area contributed by atoms with Gasteiger partial charge in [0, 0.05) is 16.8 Å². The average Bonchev–Trinajstić information content (AvgIpc) is 2.99. The van der Waals surface area contributed by atoms with Gasteiger partial charge in [0.2, 0.25) is 15.9 Å². The summed E-state index contributed by atoms with van der Waals surface area (Å²) in [5, 5.41) is 2.49. The molecule has 0 saturated carbocycles. The van der Waals surface area contributed by atoms with Crippen molar-refractivity contribution in [2.45, 2.75) is 44.7 Å². The summed E-state index contributed by atoms with van der Waals surface area (Å²) < 4.78 is 27.8. The third-order valence-electron chi connectivity index (χ3n) is 4.60. The monoisotopic (exact) mass is 475 g/mol. The van der Waals surface area contributed by atoms with E-state index in [0.29, 0.717) is 11.3 Å². The zero-order valence-electron chi connectivity index (χ0n) is 18.3. The van der Waals surface area contributed by atoms with Crippen molar-refractivity contribution in [1.29, 1.82) is 0 Å². The van der Waals surface area contributed by atoms with Crippen molar-refractivity contribution < 1.29 is 22.8 Å². The van der Waals surface area contributed by atoms with Gasteiger partial charge in [-0.3, -0.25) is 19.3 Å². The van der Waals surface area contributed by atoms with Gasteiger partial charge < -0.3 is 5.32 Å². The highest BCUT2D eigenvalue weighted by Gasteiger charge is 2.29. The van der Waals surface area contributed by atoms with Crippen LogP contribution in [0.25, 0.3) is 0 Å². The lowest BCUT2D eigenvalue weighted by Crippen LogP contribution is -2.40. The van der Waals surface area contributed by atoms with Gasteiger partial charge in [0.15, 0.2) is 0 Å². The van der Waals surface area contributed by atoms with E-state index in [1.54, 1.807) is 58.0 Å². The SMILES string of the molecule is Cc1ccc(S(=O)(=O)NC(C)(C)C)cc1C(=O)Nc1ccc(CN2C(=O)CSC2=O)cc1. The lowest BCUT2D eigenvalue weighted by atomic mass is 10.1. The molecule has 1 heterocycles. The minimum Gasteiger partial charge on any atom is -0.322 e. The Morgan fingerprint density at radius 2 is 1.75 bits per heavy atom. The number of nitrogens with one attached hydrogen (secondary N) is 2. The zero-order chi connectivity index (χ0) is 23.7. The summed E-state index contributed by atoms with van der Waals surface area (Å²) >= 11 is 0.982. The fourth-order valence-electron chi connectivity index (χ4n) is 3.08. The fraction of sp³-hybridized carbons (Fsp3) is 0.318. The average molecular weight is 476 g/mol. The van der Waals surface area contributed by atoms with E-state index >= 15 is 0 Å². The number of amides is 3. The van der Waals surface area contributed by atoms with Crippen LogP contribution in [0.4, 0.5) is 10.5 Å². The summed E-state index contributed by atoms with van der Waals surface area (Å²) in [5.41, 5.74) is 1.49. The zero-order valence-corrected chi connectivity index (χ0v) is 19.9. The first kappa shape index (κ1) is 24.0. The number of imide groups is 1. The Morgan fingerprint density at radius 3 is 2.31 bits per heavy atom. The largest absolute Gasteiger partial charge is 0.322 e. The number of carbonyl (C=O) groups excluding carboxylic acids is 3. The minimum atomic E-state index is -3.78. The second kappa shape index (κ2) is 9.05.